The largest absolute Gasteiger partial charge is 0.444 e. The average molecular weight is 712 g/mol. The lowest BCUT2D eigenvalue weighted by atomic mass is 9.81. The van der Waals surface area contributed by atoms with E-state index in [9.17, 15) is 24.0 Å². The molecule has 2 heterocycles. The van der Waals surface area contributed by atoms with E-state index in [-0.39, 0.29) is 30.2 Å². The summed E-state index contributed by atoms with van der Waals surface area (Å²) in [6.45, 7) is 11.5. The van der Waals surface area contributed by atoms with Gasteiger partial charge in [0.1, 0.15) is 11.3 Å². The van der Waals surface area contributed by atoms with E-state index in [4.69, 9.17) is 10.5 Å². The molecule has 52 heavy (non-hydrogen) atoms. The zero-order chi connectivity index (χ0) is 37.7. The third kappa shape index (κ3) is 9.52. The minimum Gasteiger partial charge on any atom is -0.444 e. The predicted octanol–water partition coefficient (Wildman–Crippen LogP) is 5.13. The number of H-pyrrole nitrogens is 2. The highest BCUT2D eigenvalue weighted by molar-refractivity contribution is 6.17. The van der Waals surface area contributed by atoms with Crippen molar-refractivity contribution in [3.8, 4) is 11.1 Å². The molecule has 1 fully saturated rings. The van der Waals surface area contributed by atoms with Crippen LogP contribution in [-0.4, -0.2) is 63.0 Å². The van der Waals surface area contributed by atoms with Gasteiger partial charge in [0.2, 0.25) is 5.91 Å². The summed E-state index contributed by atoms with van der Waals surface area (Å²) in [7, 11) is 0. The highest BCUT2D eigenvalue weighted by Gasteiger charge is 2.35. The zero-order valence-electron chi connectivity index (χ0n) is 30.7. The van der Waals surface area contributed by atoms with Crippen LogP contribution in [0.2, 0.25) is 0 Å². The number of carbonyl (C=O) groups is 4. The molecule has 1 aliphatic carbocycles. The topological polar surface area (TPSA) is 192 Å². The van der Waals surface area contributed by atoms with Gasteiger partial charge in [0.25, 0.3) is 11.8 Å². The van der Waals surface area contributed by atoms with E-state index >= 15 is 0 Å². The van der Waals surface area contributed by atoms with E-state index in [1.807, 2.05) is 51.1 Å². The van der Waals surface area contributed by atoms with E-state index in [0.29, 0.717) is 60.3 Å². The monoisotopic (exact) mass is 711 g/mol. The first-order valence-electron chi connectivity index (χ1n) is 17.8. The molecule has 0 unspecified atom stereocenters. The second-order valence-corrected chi connectivity index (χ2v) is 14.9. The van der Waals surface area contributed by atoms with Crippen LogP contribution in [-0.2, 0) is 20.7 Å². The highest BCUT2D eigenvalue weighted by Crippen LogP contribution is 2.32. The van der Waals surface area contributed by atoms with Crippen molar-refractivity contribution in [1.82, 2.24) is 25.6 Å². The predicted molar refractivity (Wildman–Crippen MR) is 200 cm³/mol. The second-order valence-electron chi connectivity index (χ2n) is 14.9. The molecule has 276 valence electrons. The first kappa shape index (κ1) is 37.9. The number of imide groups is 1. The first-order valence-corrected chi connectivity index (χ1v) is 17.8. The molecule has 1 saturated carbocycles. The number of nitrogens with one attached hydrogen (secondary N) is 4. The molecule has 4 amide bonds. The molecule has 13 nitrogen and oxygen atoms in total. The van der Waals surface area contributed by atoms with Crippen molar-refractivity contribution < 1.29 is 23.9 Å². The fourth-order valence-electron chi connectivity index (χ4n) is 6.52. The summed E-state index contributed by atoms with van der Waals surface area (Å²) in [5.41, 5.74) is 10.5. The molecule has 1 atom stereocenters. The number of carbonyl (C=O) groups excluding carboxylic acids is 4. The van der Waals surface area contributed by atoms with Crippen molar-refractivity contribution >= 4 is 40.5 Å². The van der Waals surface area contributed by atoms with Gasteiger partial charge in [-0.3, -0.25) is 14.4 Å². The summed E-state index contributed by atoms with van der Waals surface area (Å²) in [4.78, 5) is 75.9. The maximum atomic E-state index is 14.2. The third-order valence-electron chi connectivity index (χ3n) is 9.10. The number of hydrogen-bond donors (Lipinski definition) is 5. The summed E-state index contributed by atoms with van der Waals surface area (Å²) < 4.78 is 5.34. The number of aryl methyl sites for hydroxylation is 1. The van der Waals surface area contributed by atoms with Gasteiger partial charge in [-0.2, -0.15) is 0 Å². The third-order valence-corrected chi connectivity index (χ3v) is 9.10. The van der Waals surface area contributed by atoms with E-state index in [1.165, 1.54) is 4.90 Å². The van der Waals surface area contributed by atoms with E-state index in [2.05, 4.69) is 25.6 Å². The van der Waals surface area contributed by atoms with Crippen LogP contribution in [0.25, 0.3) is 22.2 Å². The number of nitrogens with two attached hydrogens (primary N) is 1. The molecule has 2 aromatic carbocycles. The van der Waals surface area contributed by atoms with Crippen LogP contribution in [0.5, 0.6) is 0 Å². The van der Waals surface area contributed by atoms with Crippen LogP contribution < -0.4 is 27.0 Å². The average Bonchev–Trinajstić information content (AvgIpc) is 3.46. The van der Waals surface area contributed by atoms with Crippen LogP contribution in [0.3, 0.4) is 0 Å². The quantitative estimate of drug-likeness (QED) is 0.150. The van der Waals surface area contributed by atoms with Gasteiger partial charge in [-0.1, -0.05) is 30.3 Å². The first-order chi connectivity index (χ1) is 24.6. The summed E-state index contributed by atoms with van der Waals surface area (Å²) in [5.74, 6) is -1.37. The highest BCUT2D eigenvalue weighted by atomic mass is 16.6. The van der Waals surface area contributed by atoms with Crippen LogP contribution in [0.15, 0.2) is 59.4 Å². The normalized spacial score (nSPS) is 16.7. The number of ether oxygens (including phenoxy) is 1. The Balaban J connectivity index is 1.29. The maximum Gasteiger partial charge on any atom is 0.407 e. The Morgan fingerprint density at radius 1 is 0.962 bits per heavy atom. The minimum absolute atomic E-state index is 0.0000543. The number of aromatic nitrogens is 3. The van der Waals surface area contributed by atoms with Gasteiger partial charge >= 0.3 is 11.8 Å². The molecule has 0 radical (unpaired) electrons. The van der Waals surface area contributed by atoms with Gasteiger partial charge in [0.15, 0.2) is 0 Å². The Morgan fingerprint density at radius 2 is 1.63 bits per heavy atom. The van der Waals surface area contributed by atoms with Gasteiger partial charge in [0.05, 0.1) is 22.8 Å². The molecule has 5 rings (SSSR count). The number of amides is 4. The Labute approximate surface area is 303 Å². The molecular weight excluding hydrogens is 662 g/mol. The number of anilines is 1. The fraction of sp³-hybridized carbons (Fsp3) is 0.436. The fourth-order valence-corrected chi connectivity index (χ4v) is 6.52. The summed E-state index contributed by atoms with van der Waals surface area (Å²) >= 11 is 0. The van der Waals surface area contributed by atoms with Gasteiger partial charge < -0.3 is 31.1 Å². The smallest absolute Gasteiger partial charge is 0.407 e. The zero-order valence-corrected chi connectivity index (χ0v) is 30.7. The lowest BCUT2D eigenvalue weighted by Crippen LogP contribution is -2.50. The maximum absolute atomic E-state index is 14.2. The van der Waals surface area contributed by atoms with Crippen molar-refractivity contribution in [2.24, 2.45) is 17.6 Å². The lowest BCUT2D eigenvalue weighted by Gasteiger charge is -2.32. The van der Waals surface area contributed by atoms with Crippen LogP contribution >= 0.6 is 0 Å². The number of imidazole rings is 1. The minimum atomic E-state index is -1.03. The Kier molecular flexibility index (Phi) is 11.6. The number of hydrogen-bond acceptors (Lipinski definition) is 8. The van der Waals surface area contributed by atoms with Crippen molar-refractivity contribution in [2.45, 2.75) is 91.3 Å². The molecule has 1 aliphatic rings. The Hall–Kier alpha value is -5.30. The number of nitrogens with zero attached hydrogens (tertiary/aromatic N) is 2. The lowest BCUT2D eigenvalue weighted by molar-refractivity contribution is -0.130. The van der Waals surface area contributed by atoms with Crippen molar-refractivity contribution in [1.29, 1.82) is 0 Å². The number of pyridine rings is 1. The summed E-state index contributed by atoms with van der Waals surface area (Å²) in [6.07, 6.45) is 2.18. The Bertz CT molecular complexity index is 1980. The number of fused-ring (bicyclic) bond motifs is 1. The van der Waals surface area contributed by atoms with Gasteiger partial charge in [-0.05, 0) is 115 Å². The molecule has 13 heteroatoms. The van der Waals surface area contributed by atoms with Crippen LogP contribution in [0, 0.1) is 18.8 Å². The molecule has 2 aromatic heterocycles. The Morgan fingerprint density at radius 3 is 2.27 bits per heavy atom. The SMILES string of the molecule is Cc1nc(C(=O)NC(C)C)ccc1-c1ccc(C[C@H](N)C(=O)N(C(=O)C2CCC(CNC(=O)OC(C)(C)C)CC2)c2ccc3[nH]c(=O)[nH]c3c2)cc1. The molecule has 0 saturated heterocycles. The number of benzene rings is 2. The second kappa shape index (κ2) is 15.9. The number of aromatic amines is 2. The van der Waals surface area contributed by atoms with Crippen LogP contribution in [0.1, 0.15) is 82.0 Å². The molecule has 0 bridgehead atoms. The van der Waals surface area contributed by atoms with Crippen molar-refractivity contribution in [2.75, 3.05) is 11.4 Å². The molecule has 0 aliphatic heterocycles. The van der Waals surface area contributed by atoms with Gasteiger partial charge in [-0.25, -0.2) is 19.5 Å². The molecule has 6 N–H and O–H groups in total. The summed E-state index contributed by atoms with van der Waals surface area (Å²) in [5, 5.41) is 5.68. The van der Waals surface area contributed by atoms with Gasteiger partial charge in [-0.15, -0.1) is 0 Å². The number of rotatable bonds is 10. The van der Waals surface area contributed by atoms with Crippen molar-refractivity contribution in [3.63, 3.8) is 0 Å². The van der Waals surface area contributed by atoms with Crippen molar-refractivity contribution in [3.05, 3.63) is 82.0 Å². The van der Waals surface area contributed by atoms with E-state index in [0.717, 1.165) is 16.7 Å². The van der Waals surface area contributed by atoms with Crippen LogP contribution in [0.4, 0.5) is 10.5 Å². The summed E-state index contributed by atoms with van der Waals surface area (Å²) in [6, 6.07) is 15.0. The molecular formula is C39H49N7O6. The number of alkyl carbamates (subject to hydrolysis) is 1. The molecule has 0 spiro atoms. The van der Waals surface area contributed by atoms with E-state index in [1.54, 1.807) is 45.0 Å². The van der Waals surface area contributed by atoms with Gasteiger partial charge in [0, 0.05) is 29.8 Å². The molecule has 4 aromatic rings. The van der Waals surface area contributed by atoms with E-state index < -0.39 is 35.3 Å². The standard InChI is InChI=1S/C39H49N7O6/c1-22(2)42-34(47)32-18-16-29(23(3)43-32)26-11-7-24(8-12-26)19-30(40)36(49)46(28-15-17-31-33(20-28)45-37(50)44-31)35(48)27-13-9-25(10-14-27)21-41-38(51)52-39(4,5)6/h7-8,11-12,15-18,20,22,25,27,30H,9-10,13-14,19,21,40H2,1-6H3,(H,41,51)(H,42,47)(H2,44,45,50)/t25?,27?,30-/m0/s1.